The van der Waals surface area contributed by atoms with Crippen LogP contribution in [0.2, 0.25) is 10.0 Å². The lowest BCUT2D eigenvalue weighted by Gasteiger charge is -2.09. The van der Waals surface area contributed by atoms with Crippen LogP contribution in [0.25, 0.3) is 0 Å². The van der Waals surface area contributed by atoms with E-state index in [1.165, 1.54) is 12.1 Å². The van der Waals surface area contributed by atoms with Gasteiger partial charge in [0.1, 0.15) is 5.82 Å². The molecule has 0 atom stereocenters. The van der Waals surface area contributed by atoms with Gasteiger partial charge >= 0.3 is 0 Å². The molecule has 5 heteroatoms. The van der Waals surface area contributed by atoms with E-state index >= 15 is 0 Å². The van der Waals surface area contributed by atoms with Crippen LogP contribution >= 0.6 is 39.1 Å². The van der Waals surface area contributed by atoms with Crippen molar-refractivity contribution < 1.29 is 4.39 Å². The summed E-state index contributed by atoms with van der Waals surface area (Å²) in [4.78, 5) is 0. The number of hydrogen-bond acceptors (Lipinski definition) is 1. The summed E-state index contributed by atoms with van der Waals surface area (Å²) < 4.78 is 13.7. The van der Waals surface area contributed by atoms with E-state index in [1.54, 1.807) is 6.07 Å². The summed E-state index contributed by atoms with van der Waals surface area (Å²) in [5.74, 6) is -0.350. The van der Waals surface area contributed by atoms with Gasteiger partial charge in [0, 0.05) is 11.0 Å². The zero-order valence-corrected chi connectivity index (χ0v) is 12.3. The summed E-state index contributed by atoms with van der Waals surface area (Å²) in [7, 11) is 0. The first-order valence-electron chi connectivity index (χ1n) is 5.19. The zero-order chi connectivity index (χ0) is 13.1. The van der Waals surface area contributed by atoms with Gasteiger partial charge in [0.2, 0.25) is 0 Å². The summed E-state index contributed by atoms with van der Waals surface area (Å²) in [6, 6.07) is 9.93. The van der Waals surface area contributed by atoms with Crippen molar-refractivity contribution in [2.45, 2.75) is 6.54 Å². The van der Waals surface area contributed by atoms with Crippen LogP contribution in [0.3, 0.4) is 0 Å². The molecule has 2 rings (SSSR count). The van der Waals surface area contributed by atoms with E-state index in [1.807, 2.05) is 18.2 Å². The fourth-order valence-electron chi connectivity index (χ4n) is 1.48. The van der Waals surface area contributed by atoms with Gasteiger partial charge in [-0.25, -0.2) is 4.39 Å². The van der Waals surface area contributed by atoms with Gasteiger partial charge in [-0.2, -0.15) is 0 Å². The molecular weight excluding hydrogens is 340 g/mol. The molecule has 0 saturated heterocycles. The van der Waals surface area contributed by atoms with Crippen molar-refractivity contribution in [2.75, 3.05) is 5.32 Å². The molecule has 18 heavy (non-hydrogen) atoms. The minimum absolute atomic E-state index is 0.350. The van der Waals surface area contributed by atoms with E-state index in [-0.39, 0.29) is 5.82 Å². The molecule has 0 spiro atoms. The summed E-state index contributed by atoms with van der Waals surface area (Å²) in [6.45, 7) is 0.568. The van der Waals surface area contributed by atoms with Crippen LogP contribution in [0.5, 0.6) is 0 Å². The largest absolute Gasteiger partial charge is 0.380 e. The average molecular weight is 349 g/mol. The Morgan fingerprint density at radius 1 is 1.06 bits per heavy atom. The lowest BCUT2D eigenvalue weighted by atomic mass is 10.2. The van der Waals surface area contributed by atoms with Crippen molar-refractivity contribution >= 4 is 44.8 Å². The molecule has 0 unspecified atom stereocenters. The van der Waals surface area contributed by atoms with Gasteiger partial charge in [-0.05, 0) is 51.8 Å². The minimum Gasteiger partial charge on any atom is -0.380 e. The van der Waals surface area contributed by atoms with Crippen LogP contribution in [0.15, 0.2) is 40.9 Å². The Morgan fingerprint density at radius 2 is 1.83 bits per heavy atom. The molecule has 0 aliphatic rings. The lowest BCUT2D eigenvalue weighted by molar-refractivity contribution is 0.628. The summed E-state index contributed by atoms with van der Waals surface area (Å²) in [5, 5.41) is 4.14. The fraction of sp³-hybridized carbons (Fsp3) is 0.0769. The number of hydrogen-bond donors (Lipinski definition) is 1. The van der Waals surface area contributed by atoms with E-state index in [0.717, 1.165) is 10.0 Å². The first-order chi connectivity index (χ1) is 8.56. The Morgan fingerprint density at radius 3 is 2.50 bits per heavy atom. The Labute approximate surface area is 123 Å². The summed E-state index contributed by atoms with van der Waals surface area (Å²) in [5.41, 5.74) is 1.71. The molecule has 2 aromatic rings. The van der Waals surface area contributed by atoms with Gasteiger partial charge in [-0.1, -0.05) is 29.3 Å². The summed E-state index contributed by atoms with van der Waals surface area (Å²) in [6.07, 6.45) is 0. The Kier molecular flexibility index (Phi) is 4.49. The lowest BCUT2D eigenvalue weighted by Crippen LogP contribution is -2.00. The normalized spacial score (nSPS) is 10.4. The predicted octanol–water partition coefficient (Wildman–Crippen LogP) is 5.51. The smallest absolute Gasteiger partial charge is 0.124 e. The Bertz CT molecular complexity index is 575. The molecule has 0 heterocycles. The molecule has 0 saturated carbocycles. The molecular formula is C13H9BrCl2FN. The standard InChI is InChI=1S/C13H9BrCl2FN/c14-10-3-1-8(5-11(10)15)7-18-13-4-2-9(17)6-12(13)16/h1-6,18H,7H2. The van der Waals surface area contributed by atoms with Crippen LogP contribution in [-0.2, 0) is 6.54 Å². The highest BCUT2D eigenvalue weighted by Gasteiger charge is 2.03. The Balaban J connectivity index is 2.09. The highest BCUT2D eigenvalue weighted by molar-refractivity contribution is 9.10. The molecule has 1 N–H and O–H groups in total. The average Bonchev–Trinajstić information content (AvgIpc) is 2.32. The van der Waals surface area contributed by atoms with E-state index in [4.69, 9.17) is 23.2 Å². The number of halogens is 4. The van der Waals surface area contributed by atoms with Gasteiger partial charge in [0.05, 0.1) is 15.7 Å². The third-order valence-electron chi connectivity index (χ3n) is 2.40. The van der Waals surface area contributed by atoms with Crippen LogP contribution in [0.4, 0.5) is 10.1 Å². The van der Waals surface area contributed by atoms with Crippen molar-refractivity contribution in [1.29, 1.82) is 0 Å². The van der Waals surface area contributed by atoms with Crippen molar-refractivity contribution in [3.8, 4) is 0 Å². The number of anilines is 1. The second kappa shape index (κ2) is 5.91. The zero-order valence-electron chi connectivity index (χ0n) is 9.18. The van der Waals surface area contributed by atoms with Gasteiger partial charge in [0.25, 0.3) is 0 Å². The van der Waals surface area contributed by atoms with E-state index in [9.17, 15) is 4.39 Å². The predicted molar refractivity (Wildman–Crippen MR) is 77.9 cm³/mol. The molecule has 1 nitrogen and oxygen atoms in total. The third kappa shape index (κ3) is 3.37. The maximum absolute atomic E-state index is 12.9. The van der Waals surface area contributed by atoms with Gasteiger partial charge in [-0.15, -0.1) is 0 Å². The molecule has 0 bridgehead atoms. The Hall–Kier alpha value is -0.770. The molecule has 0 amide bonds. The quantitative estimate of drug-likeness (QED) is 0.771. The number of nitrogens with one attached hydrogen (secondary N) is 1. The third-order valence-corrected chi connectivity index (χ3v) is 3.94. The fourth-order valence-corrected chi connectivity index (χ4v) is 2.16. The van der Waals surface area contributed by atoms with Crippen LogP contribution in [-0.4, -0.2) is 0 Å². The first-order valence-corrected chi connectivity index (χ1v) is 6.74. The van der Waals surface area contributed by atoms with Crippen LogP contribution in [0.1, 0.15) is 5.56 Å². The first kappa shape index (κ1) is 13.7. The second-order valence-corrected chi connectivity index (χ2v) is 5.39. The van der Waals surface area contributed by atoms with Gasteiger partial charge < -0.3 is 5.32 Å². The van der Waals surface area contributed by atoms with Crippen molar-refractivity contribution in [3.63, 3.8) is 0 Å². The molecule has 94 valence electrons. The topological polar surface area (TPSA) is 12.0 Å². The molecule has 0 radical (unpaired) electrons. The number of rotatable bonds is 3. The summed E-state index contributed by atoms with van der Waals surface area (Å²) >= 11 is 15.2. The molecule has 2 aromatic carbocycles. The number of benzene rings is 2. The second-order valence-electron chi connectivity index (χ2n) is 3.73. The van der Waals surface area contributed by atoms with Crippen molar-refractivity contribution in [1.82, 2.24) is 0 Å². The van der Waals surface area contributed by atoms with E-state index in [2.05, 4.69) is 21.2 Å². The van der Waals surface area contributed by atoms with Crippen molar-refractivity contribution in [3.05, 3.63) is 62.3 Å². The monoisotopic (exact) mass is 347 g/mol. The van der Waals surface area contributed by atoms with Crippen molar-refractivity contribution in [2.24, 2.45) is 0 Å². The minimum atomic E-state index is -0.350. The molecule has 0 aromatic heterocycles. The molecule has 0 aliphatic carbocycles. The SMILES string of the molecule is Fc1ccc(NCc2ccc(Br)c(Cl)c2)c(Cl)c1. The highest BCUT2D eigenvalue weighted by Crippen LogP contribution is 2.25. The van der Waals surface area contributed by atoms with Crippen LogP contribution in [0, 0.1) is 5.82 Å². The highest BCUT2D eigenvalue weighted by atomic mass is 79.9. The maximum Gasteiger partial charge on any atom is 0.124 e. The van der Waals surface area contributed by atoms with E-state index in [0.29, 0.717) is 22.3 Å². The van der Waals surface area contributed by atoms with Gasteiger partial charge in [0.15, 0.2) is 0 Å². The molecule has 0 aliphatic heterocycles. The maximum atomic E-state index is 12.9. The van der Waals surface area contributed by atoms with Crippen LogP contribution < -0.4 is 5.32 Å². The molecule has 0 fully saturated rings. The van der Waals surface area contributed by atoms with Gasteiger partial charge in [-0.3, -0.25) is 0 Å². The van der Waals surface area contributed by atoms with E-state index < -0.39 is 0 Å².